The fraction of sp³-hybridized carbons (Fsp3) is 0.250. The van der Waals surface area contributed by atoms with E-state index in [1.807, 2.05) is 6.07 Å². The van der Waals surface area contributed by atoms with Gasteiger partial charge in [-0.15, -0.1) is 0 Å². The minimum Gasteiger partial charge on any atom is -0.484 e. The number of carbonyl (C=O) groups is 1. The van der Waals surface area contributed by atoms with Gasteiger partial charge in [0.15, 0.2) is 12.3 Å². The second kappa shape index (κ2) is 7.80. The molecule has 0 atom stereocenters. The van der Waals surface area contributed by atoms with E-state index >= 15 is 0 Å². The molecule has 0 aliphatic heterocycles. The van der Waals surface area contributed by atoms with E-state index in [1.54, 1.807) is 24.3 Å². The molecule has 7 heteroatoms. The molecular formula is C20H18ClN3O3. The maximum Gasteiger partial charge on any atom is 0.263 e. The number of hydrogen-bond donors (Lipinski definition) is 1. The molecule has 0 fully saturated rings. The summed E-state index contributed by atoms with van der Waals surface area (Å²) in [6.07, 6.45) is 4.59. The first kappa shape index (κ1) is 17.5. The van der Waals surface area contributed by atoms with Gasteiger partial charge in [0.2, 0.25) is 5.82 Å². The summed E-state index contributed by atoms with van der Waals surface area (Å²) in [5.74, 6) is 0.446. The van der Waals surface area contributed by atoms with Crippen LogP contribution >= 0.6 is 11.6 Å². The zero-order valence-electron chi connectivity index (χ0n) is 14.6. The molecule has 0 unspecified atom stereocenters. The molecule has 0 bridgehead atoms. The molecule has 0 saturated heterocycles. The Morgan fingerprint density at radius 1 is 1.11 bits per heavy atom. The molecule has 1 aliphatic carbocycles. The molecule has 6 nitrogen and oxygen atoms in total. The van der Waals surface area contributed by atoms with Crippen molar-refractivity contribution in [2.45, 2.75) is 25.7 Å². The number of fused-ring (bicyclic) bond motifs is 1. The first-order valence-corrected chi connectivity index (χ1v) is 9.20. The lowest BCUT2D eigenvalue weighted by Gasteiger charge is -2.16. The molecule has 0 radical (unpaired) electrons. The van der Waals surface area contributed by atoms with Gasteiger partial charge in [0, 0.05) is 10.6 Å². The summed E-state index contributed by atoms with van der Waals surface area (Å²) in [6, 6.07) is 13.1. The maximum absolute atomic E-state index is 12.2. The first-order valence-electron chi connectivity index (χ1n) is 8.82. The van der Waals surface area contributed by atoms with Crippen molar-refractivity contribution in [2.24, 2.45) is 0 Å². The second-order valence-corrected chi connectivity index (χ2v) is 6.88. The molecule has 4 rings (SSSR count). The Bertz CT molecular complexity index is 971. The van der Waals surface area contributed by atoms with Crippen molar-refractivity contribution in [1.29, 1.82) is 0 Å². The third-order valence-corrected chi connectivity index (χ3v) is 4.77. The zero-order chi connectivity index (χ0) is 18.6. The predicted octanol–water partition coefficient (Wildman–Crippen LogP) is 4.29. The number of amides is 1. The van der Waals surface area contributed by atoms with Crippen LogP contribution in [-0.2, 0) is 17.6 Å². The monoisotopic (exact) mass is 383 g/mol. The zero-order valence-corrected chi connectivity index (χ0v) is 15.3. The summed E-state index contributed by atoms with van der Waals surface area (Å²) in [5, 5.41) is 11.0. The van der Waals surface area contributed by atoms with E-state index in [2.05, 4.69) is 27.8 Å². The maximum atomic E-state index is 12.2. The molecule has 138 valence electrons. The lowest BCUT2D eigenvalue weighted by molar-refractivity contribution is -0.118. The summed E-state index contributed by atoms with van der Waals surface area (Å²) in [7, 11) is 0. The van der Waals surface area contributed by atoms with Gasteiger partial charge < -0.3 is 10.1 Å². The number of rotatable bonds is 5. The quantitative estimate of drug-likeness (QED) is 0.711. The van der Waals surface area contributed by atoms with Crippen LogP contribution in [0.5, 0.6) is 5.75 Å². The summed E-state index contributed by atoms with van der Waals surface area (Å²) in [5.41, 5.74) is 4.09. The molecule has 3 aromatic rings. The lowest BCUT2D eigenvalue weighted by Crippen LogP contribution is -2.20. The van der Waals surface area contributed by atoms with Crippen LogP contribution in [0.15, 0.2) is 47.1 Å². The van der Waals surface area contributed by atoms with E-state index in [-0.39, 0.29) is 18.3 Å². The van der Waals surface area contributed by atoms with Crippen LogP contribution in [0.1, 0.15) is 24.0 Å². The van der Waals surface area contributed by atoms with Crippen molar-refractivity contribution in [1.82, 2.24) is 10.3 Å². The van der Waals surface area contributed by atoms with Crippen molar-refractivity contribution < 1.29 is 14.2 Å². The minimum absolute atomic E-state index is 0.170. The molecule has 1 aliphatic rings. The van der Waals surface area contributed by atoms with Crippen LogP contribution in [0.4, 0.5) is 5.82 Å². The highest BCUT2D eigenvalue weighted by Crippen LogP contribution is 2.29. The Kier molecular flexibility index (Phi) is 5.07. The van der Waals surface area contributed by atoms with Crippen LogP contribution in [0.2, 0.25) is 5.02 Å². The molecule has 27 heavy (non-hydrogen) atoms. The first-order chi connectivity index (χ1) is 13.2. The highest BCUT2D eigenvalue weighted by Gasteiger charge is 2.18. The molecule has 0 saturated carbocycles. The number of nitrogens with zero attached hydrogens (tertiary/aromatic N) is 2. The van der Waals surface area contributed by atoms with Crippen LogP contribution in [0.25, 0.3) is 11.3 Å². The van der Waals surface area contributed by atoms with Crippen molar-refractivity contribution in [3.8, 4) is 17.0 Å². The Balaban J connectivity index is 1.45. The SMILES string of the molecule is O=C(COc1cccc(Cl)c1)Nc1nonc1-c1ccc2c(c1)CCCC2. The molecule has 0 spiro atoms. The molecular weight excluding hydrogens is 366 g/mol. The highest BCUT2D eigenvalue weighted by molar-refractivity contribution is 6.30. The minimum atomic E-state index is -0.357. The van der Waals surface area contributed by atoms with Crippen molar-refractivity contribution in [2.75, 3.05) is 11.9 Å². The van der Waals surface area contributed by atoms with Crippen LogP contribution in [-0.4, -0.2) is 22.8 Å². The van der Waals surface area contributed by atoms with Crippen LogP contribution < -0.4 is 10.1 Å². The Morgan fingerprint density at radius 3 is 2.81 bits per heavy atom. The van der Waals surface area contributed by atoms with Crippen molar-refractivity contribution >= 4 is 23.3 Å². The van der Waals surface area contributed by atoms with Gasteiger partial charge >= 0.3 is 0 Å². The fourth-order valence-electron chi connectivity index (χ4n) is 3.21. The molecule has 1 amide bonds. The van der Waals surface area contributed by atoms with E-state index < -0.39 is 0 Å². The van der Waals surface area contributed by atoms with E-state index in [9.17, 15) is 4.79 Å². The van der Waals surface area contributed by atoms with Gasteiger partial charge in [0.25, 0.3) is 5.91 Å². The number of aryl methyl sites for hydroxylation is 2. The van der Waals surface area contributed by atoms with Crippen molar-refractivity contribution in [3.05, 3.63) is 58.6 Å². The Morgan fingerprint density at radius 2 is 1.96 bits per heavy atom. The highest BCUT2D eigenvalue weighted by atomic mass is 35.5. The fourth-order valence-corrected chi connectivity index (χ4v) is 3.39. The van der Waals surface area contributed by atoms with Gasteiger partial charge in [-0.25, -0.2) is 4.63 Å². The molecule has 1 N–H and O–H groups in total. The molecule has 2 aromatic carbocycles. The number of ether oxygens (including phenoxy) is 1. The number of halogens is 1. The van der Waals surface area contributed by atoms with Gasteiger partial charge in [-0.05, 0) is 71.4 Å². The molecule has 1 heterocycles. The summed E-state index contributed by atoms with van der Waals surface area (Å²) in [4.78, 5) is 12.2. The lowest BCUT2D eigenvalue weighted by atomic mass is 9.90. The average Bonchev–Trinajstić information content (AvgIpc) is 3.14. The van der Waals surface area contributed by atoms with Gasteiger partial charge in [-0.2, -0.15) is 0 Å². The van der Waals surface area contributed by atoms with Gasteiger partial charge in [-0.3, -0.25) is 4.79 Å². The normalized spacial score (nSPS) is 13.1. The summed E-state index contributed by atoms with van der Waals surface area (Å²) < 4.78 is 10.3. The standard InChI is InChI=1S/C20H18ClN3O3/c21-16-6-3-7-17(11-16)26-12-18(25)22-20-19(23-27-24-20)15-9-8-13-4-1-2-5-14(13)10-15/h3,6-11H,1-2,4-5,12H2,(H,22,24,25). The van der Waals surface area contributed by atoms with E-state index in [0.29, 0.717) is 16.5 Å². The Labute approximate surface area is 161 Å². The number of carbonyl (C=O) groups excluding carboxylic acids is 1. The summed E-state index contributed by atoms with van der Waals surface area (Å²) >= 11 is 5.90. The van der Waals surface area contributed by atoms with E-state index in [0.717, 1.165) is 18.4 Å². The molecule has 1 aromatic heterocycles. The van der Waals surface area contributed by atoms with Gasteiger partial charge in [0.05, 0.1) is 0 Å². The number of hydrogen-bond acceptors (Lipinski definition) is 5. The van der Waals surface area contributed by atoms with Crippen LogP contribution in [0.3, 0.4) is 0 Å². The van der Waals surface area contributed by atoms with E-state index in [1.165, 1.54) is 24.0 Å². The topological polar surface area (TPSA) is 77.2 Å². The number of benzene rings is 2. The van der Waals surface area contributed by atoms with E-state index in [4.69, 9.17) is 21.0 Å². The average molecular weight is 384 g/mol. The largest absolute Gasteiger partial charge is 0.484 e. The number of nitrogens with one attached hydrogen (secondary N) is 1. The smallest absolute Gasteiger partial charge is 0.263 e. The summed E-state index contributed by atoms with van der Waals surface area (Å²) in [6.45, 7) is -0.170. The third kappa shape index (κ3) is 4.11. The predicted molar refractivity (Wildman–Crippen MR) is 102 cm³/mol. The second-order valence-electron chi connectivity index (χ2n) is 6.45. The number of anilines is 1. The van der Waals surface area contributed by atoms with Gasteiger partial charge in [0.1, 0.15) is 5.75 Å². The third-order valence-electron chi connectivity index (χ3n) is 4.53. The van der Waals surface area contributed by atoms with Gasteiger partial charge in [-0.1, -0.05) is 29.8 Å². The van der Waals surface area contributed by atoms with Crippen LogP contribution in [0, 0.1) is 0 Å². The number of aromatic nitrogens is 2. The Hall–Kier alpha value is -2.86. The van der Waals surface area contributed by atoms with Crippen molar-refractivity contribution in [3.63, 3.8) is 0 Å².